The van der Waals surface area contributed by atoms with Gasteiger partial charge < -0.3 is 0 Å². The highest BCUT2D eigenvalue weighted by Crippen LogP contribution is 2.18. The second kappa shape index (κ2) is 3.71. The molecule has 2 aromatic heterocycles. The fourth-order valence-corrected chi connectivity index (χ4v) is 2.18. The lowest BCUT2D eigenvalue weighted by molar-refractivity contribution is 0.600. The third kappa shape index (κ3) is 1.90. The summed E-state index contributed by atoms with van der Waals surface area (Å²) in [6.45, 7) is 3.94. The summed E-state index contributed by atoms with van der Waals surface area (Å²) in [7, 11) is 1.46. The van der Waals surface area contributed by atoms with Crippen LogP contribution in [0.2, 0.25) is 0 Å². The third-order valence-corrected chi connectivity index (χ3v) is 3.45. The summed E-state index contributed by atoms with van der Waals surface area (Å²) in [4.78, 5) is 3.92. The molecule has 2 heterocycles. The number of hydrogen-bond donors (Lipinski definition) is 0. The molecule has 0 aromatic carbocycles. The van der Waals surface area contributed by atoms with Crippen molar-refractivity contribution in [3.8, 4) is 0 Å². The normalized spacial score (nSPS) is 12.5. The first-order valence-electron chi connectivity index (χ1n) is 4.69. The zero-order valence-electron chi connectivity index (χ0n) is 8.75. The van der Waals surface area contributed by atoms with E-state index in [1.807, 2.05) is 19.9 Å². The molecule has 0 atom stereocenters. The minimum atomic E-state index is -3.82. The highest BCUT2D eigenvalue weighted by atomic mass is 35.7. The fourth-order valence-electron chi connectivity index (χ4n) is 1.34. The van der Waals surface area contributed by atoms with E-state index in [-0.39, 0.29) is 10.9 Å². The summed E-state index contributed by atoms with van der Waals surface area (Å²) in [5.41, 5.74) is 1.25. The van der Waals surface area contributed by atoms with Gasteiger partial charge in [0.05, 0.1) is 11.9 Å². The summed E-state index contributed by atoms with van der Waals surface area (Å²) in [5, 5.41) is 4.09. The second-order valence-electron chi connectivity index (χ2n) is 3.72. The summed E-state index contributed by atoms with van der Waals surface area (Å²) in [6.07, 6.45) is 1.20. The molecule has 0 aliphatic rings. The van der Waals surface area contributed by atoms with Crippen molar-refractivity contribution in [3.63, 3.8) is 0 Å². The minimum Gasteiger partial charge on any atom is -0.234 e. The number of halogens is 1. The van der Waals surface area contributed by atoms with E-state index >= 15 is 0 Å². The molecular weight excluding hydrogens is 250 g/mol. The maximum absolute atomic E-state index is 11.3. The van der Waals surface area contributed by atoms with E-state index in [0.717, 1.165) is 5.69 Å². The van der Waals surface area contributed by atoms with Crippen molar-refractivity contribution in [1.82, 2.24) is 14.6 Å². The maximum atomic E-state index is 11.3. The van der Waals surface area contributed by atoms with Gasteiger partial charge in [-0.25, -0.2) is 17.9 Å². The van der Waals surface area contributed by atoms with Crippen LogP contribution in [0.1, 0.15) is 25.5 Å². The van der Waals surface area contributed by atoms with Gasteiger partial charge in [-0.2, -0.15) is 5.10 Å². The van der Waals surface area contributed by atoms with Crippen LogP contribution in [0.25, 0.3) is 5.65 Å². The molecule has 0 bridgehead atoms. The van der Waals surface area contributed by atoms with Crippen molar-refractivity contribution in [2.75, 3.05) is 0 Å². The standard InChI is InChI=1S/C9H10ClN3O2S/c1-6(2)7-3-4-8-11-5-9(13(8)12-7)16(10,14)15/h3-6H,1-2H3. The number of imidazole rings is 1. The lowest BCUT2D eigenvalue weighted by Gasteiger charge is -2.04. The summed E-state index contributed by atoms with van der Waals surface area (Å²) >= 11 is 0. The Morgan fingerprint density at radius 1 is 1.38 bits per heavy atom. The van der Waals surface area contributed by atoms with Crippen LogP contribution in [0, 0.1) is 0 Å². The molecular formula is C9H10ClN3O2S. The van der Waals surface area contributed by atoms with Crippen LogP contribution >= 0.6 is 10.7 Å². The Morgan fingerprint density at radius 2 is 2.06 bits per heavy atom. The van der Waals surface area contributed by atoms with E-state index in [1.54, 1.807) is 6.07 Å². The molecule has 5 nitrogen and oxygen atoms in total. The van der Waals surface area contributed by atoms with Gasteiger partial charge in [0.1, 0.15) is 0 Å². The quantitative estimate of drug-likeness (QED) is 0.771. The molecule has 16 heavy (non-hydrogen) atoms. The van der Waals surface area contributed by atoms with Gasteiger partial charge in [-0.3, -0.25) is 0 Å². The van der Waals surface area contributed by atoms with Gasteiger partial charge in [-0.05, 0) is 18.1 Å². The van der Waals surface area contributed by atoms with E-state index in [0.29, 0.717) is 5.65 Å². The fraction of sp³-hybridized carbons (Fsp3) is 0.333. The van der Waals surface area contributed by atoms with E-state index in [1.165, 1.54) is 10.7 Å². The number of nitrogens with zero attached hydrogens (tertiary/aromatic N) is 3. The number of hydrogen-bond acceptors (Lipinski definition) is 4. The van der Waals surface area contributed by atoms with E-state index in [4.69, 9.17) is 10.7 Å². The molecule has 0 saturated carbocycles. The molecule has 2 rings (SSSR count). The molecule has 2 aromatic rings. The highest BCUT2D eigenvalue weighted by Gasteiger charge is 2.17. The second-order valence-corrected chi connectivity index (χ2v) is 6.23. The summed E-state index contributed by atoms with van der Waals surface area (Å²) < 4.78 is 23.8. The van der Waals surface area contributed by atoms with Crippen molar-refractivity contribution in [2.45, 2.75) is 24.8 Å². The van der Waals surface area contributed by atoms with Gasteiger partial charge >= 0.3 is 0 Å². The molecule has 0 aliphatic carbocycles. The first kappa shape index (κ1) is 11.3. The highest BCUT2D eigenvalue weighted by molar-refractivity contribution is 8.13. The van der Waals surface area contributed by atoms with Gasteiger partial charge in [0.25, 0.3) is 9.05 Å². The van der Waals surface area contributed by atoms with Crippen molar-refractivity contribution in [3.05, 3.63) is 24.0 Å². The molecule has 0 radical (unpaired) electrons. The third-order valence-electron chi connectivity index (χ3n) is 2.19. The lowest BCUT2D eigenvalue weighted by atomic mass is 10.1. The SMILES string of the molecule is CC(C)c1ccc2ncc(S(=O)(=O)Cl)n2n1. The summed E-state index contributed by atoms with van der Waals surface area (Å²) in [5.74, 6) is 0.206. The van der Waals surface area contributed by atoms with Gasteiger partial charge in [0.15, 0.2) is 10.7 Å². The van der Waals surface area contributed by atoms with E-state index in [2.05, 4.69) is 10.1 Å². The van der Waals surface area contributed by atoms with Crippen LogP contribution in [-0.4, -0.2) is 23.0 Å². The summed E-state index contributed by atoms with van der Waals surface area (Å²) in [6, 6.07) is 3.53. The molecule has 0 unspecified atom stereocenters. The van der Waals surface area contributed by atoms with Gasteiger partial charge in [0, 0.05) is 10.7 Å². The Kier molecular flexibility index (Phi) is 2.63. The van der Waals surface area contributed by atoms with Crippen LogP contribution in [0.15, 0.2) is 23.4 Å². The van der Waals surface area contributed by atoms with Crippen molar-refractivity contribution >= 4 is 25.4 Å². The molecule has 0 aliphatic heterocycles. The largest absolute Gasteiger partial charge is 0.280 e. The van der Waals surface area contributed by atoms with Crippen LogP contribution in [-0.2, 0) is 9.05 Å². The first-order valence-corrected chi connectivity index (χ1v) is 7.00. The lowest BCUT2D eigenvalue weighted by Crippen LogP contribution is -2.04. The predicted octanol–water partition coefficient (Wildman–Crippen LogP) is 1.78. The van der Waals surface area contributed by atoms with Gasteiger partial charge in [-0.15, -0.1) is 0 Å². The molecule has 0 saturated heterocycles. The zero-order valence-corrected chi connectivity index (χ0v) is 10.3. The van der Waals surface area contributed by atoms with E-state index < -0.39 is 9.05 Å². The topological polar surface area (TPSA) is 64.3 Å². The Balaban J connectivity index is 2.75. The number of rotatable bonds is 2. The molecule has 0 N–H and O–H groups in total. The van der Waals surface area contributed by atoms with Crippen LogP contribution in [0.4, 0.5) is 0 Å². The average Bonchev–Trinajstić information content (AvgIpc) is 2.58. The van der Waals surface area contributed by atoms with Crippen molar-refractivity contribution in [2.24, 2.45) is 0 Å². The Hall–Kier alpha value is -1.14. The maximum Gasteiger partial charge on any atom is 0.280 e. The molecule has 0 amide bonds. The van der Waals surface area contributed by atoms with E-state index in [9.17, 15) is 8.42 Å². The van der Waals surface area contributed by atoms with Crippen LogP contribution < -0.4 is 0 Å². The molecule has 0 fully saturated rings. The minimum absolute atomic E-state index is 0.105. The predicted molar refractivity (Wildman–Crippen MR) is 60.1 cm³/mol. The number of fused-ring (bicyclic) bond motifs is 1. The number of aromatic nitrogens is 3. The molecule has 86 valence electrons. The van der Waals surface area contributed by atoms with Crippen LogP contribution in [0.5, 0.6) is 0 Å². The van der Waals surface area contributed by atoms with Crippen molar-refractivity contribution in [1.29, 1.82) is 0 Å². The smallest absolute Gasteiger partial charge is 0.234 e. The average molecular weight is 260 g/mol. The monoisotopic (exact) mass is 259 g/mol. The van der Waals surface area contributed by atoms with Gasteiger partial charge in [-0.1, -0.05) is 13.8 Å². The van der Waals surface area contributed by atoms with Gasteiger partial charge in [0.2, 0.25) is 0 Å². The molecule has 0 spiro atoms. The first-order chi connectivity index (χ1) is 7.39. The zero-order chi connectivity index (χ0) is 11.9. The van der Waals surface area contributed by atoms with Crippen molar-refractivity contribution < 1.29 is 8.42 Å². The Bertz CT molecular complexity index is 633. The Morgan fingerprint density at radius 3 is 2.62 bits per heavy atom. The molecule has 7 heteroatoms. The Labute approximate surface area is 97.5 Å². The van der Waals surface area contributed by atoms with Crippen LogP contribution in [0.3, 0.4) is 0 Å².